The highest BCUT2D eigenvalue weighted by Crippen LogP contribution is 2.30. The van der Waals surface area contributed by atoms with E-state index in [0.29, 0.717) is 5.88 Å². The van der Waals surface area contributed by atoms with Crippen molar-refractivity contribution in [1.29, 1.82) is 0 Å². The van der Waals surface area contributed by atoms with Crippen LogP contribution in [0.2, 0.25) is 5.02 Å². The minimum absolute atomic E-state index is 0.461. The normalized spacial score (nSPS) is 14.6. The van der Waals surface area contributed by atoms with Crippen LogP contribution in [0.5, 0.6) is 0 Å². The van der Waals surface area contributed by atoms with E-state index >= 15 is 0 Å². The third-order valence-electron chi connectivity index (χ3n) is 3.49. The second kappa shape index (κ2) is 4.94. The van der Waals surface area contributed by atoms with E-state index in [2.05, 4.69) is 9.55 Å². The maximum atomic E-state index is 6.33. The third-order valence-corrected chi connectivity index (χ3v) is 4.08. The Balaban J connectivity index is 2.18. The van der Waals surface area contributed by atoms with Crippen molar-refractivity contribution < 1.29 is 0 Å². The van der Waals surface area contributed by atoms with Crippen LogP contribution in [0, 0.1) is 0 Å². The lowest BCUT2D eigenvalue weighted by atomic mass is 10.0. The summed E-state index contributed by atoms with van der Waals surface area (Å²) in [5.41, 5.74) is 4.54. The van der Waals surface area contributed by atoms with Crippen LogP contribution in [0.1, 0.15) is 29.8 Å². The molecule has 1 aromatic heterocycles. The monoisotopic (exact) mass is 280 g/mol. The van der Waals surface area contributed by atoms with Gasteiger partial charge < -0.3 is 4.57 Å². The summed E-state index contributed by atoms with van der Waals surface area (Å²) >= 11 is 12.3. The molecule has 2 nitrogen and oxygen atoms in total. The molecule has 0 unspecified atom stereocenters. The van der Waals surface area contributed by atoms with Crippen molar-refractivity contribution in [3.63, 3.8) is 0 Å². The zero-order valence-electron chi connectivity index (χ0n) is 10.00. The standard InChI is InChI=1S/C14H14Cl2N2/c15-8-10-4-3-5-11(16)14(10)18-9-17-12-6-1-2-7-13(12)18/h3-5,9H,1-2,6-8H2. The minimum atomic E-state index is 0.461. The van der Waals surface area contributed by atoms with Gasteiger partial charge in [-0.05, 0) is 37.3 Å². The van der Waals surface area contributed by atoms with Gasteiger partial charge in [-0.3, -0.25) is 0 Å². The molecule has 0 bridgehead atoms. The molecule has 4 heteroatoms. The Hall–Kier alpha value is -0.990. The smallest absolute Gasteiger partial charge is 0.0998 e. The molecule has 0 radical (unpaired) electrons. The number of aromatic nitrogens is 2. The molecule has 0 amide bonds. The van der Waals surface area contributed by atoms with Gasteiger partial charge in [0.05, 0.1) is 22.7 Å². The van der Waals surface area contributed by atoms with Gasteiger partial charge in [0.25, 0.3) is 0 Å². The summed E-state index contributed by atoms with van der Waals surface area (Å²) in [6, 6.07) is 5.86. The van der Waals surface area contributed by atoms with Crippen LogP contribution in [-0.2, 0) is 18.7 Å². The van der Waals surface area contributed by atoms with Crippen molar-refractivity contribution in [2.45, 2.75) is 31.6 Å². The van der Waals surface area contributed by atoms with Gasteiger partial charge in [0, 0.05) is 11.6 Å². The van der Waals surface area contributed by atoms with Crippen LogP contribution >= 0.6 is 23.2 Å². The van der Waals surface area contributed by atoms with Crippen LogP contribution in [-0.4, -0.2) is 9.55 Å². The molecule has 0 fully saturated rings. The molecule has 0 aliphatic heterocycles. The van der Waals surface area contributed by atoms with Crippen molar-refractivity contribution in [2.75, 3.05) is 0 Å². The SMILES string of the molecule is ClCc1cccc(Cl)c1-n1cnc2c1CCCC2. The van der Waals surface area contributed by atoms with E-state index in [4.69, 9.17) is 23.2 Å². The van der Waals surface area contributed by atoms with Crippen LogP contribution in [0.15, 0.2) is 24.5 Å². The lowest BCUT2D eigenvalue weighted by Crippen LogP contribution is -2.08. The summed E-state index contributed by atoms with van der Waals surface area (Å²) in [5.74, 6) is 0.461. The Labute approximate surface area is 117 Å². The summed E-state index contributed by atoms with van der Waals surface area (Å²) in [6.07, 6.45) is 6.48. The second-order valence-electron chi connectivity index (χ2n) is 4.60. The lowest BCUT2D eigenvalue weighted by molar-refractivity contribution is 0.655. The Morgan fingerprint density at radius 2 is 2.06 bits per heavy atom. The molecular weight excluding hydrogens is 267 g/mol. The molecule has 1 aromatic carbocycles. The van der Waals surface area contributed by atoms with Gasteiger partial charge >= 0.3 is 0 Å². The fraction of sp³-hybridized carbons (Fsp3) is 0.357. The van der Waals surface area contributed by atoms with Crippen LogP contribution in [0.3, 0.4) is 0 Å². The van der Waals surface area contributed by atoms with Gasteiger partial charge in [0.1, 0.15) is 0 Å². The second-order valence-corrected chi connectivity index (χ2v) is 5.27. The van der Waals surface area contributed by atoms with Crippen LogP contribution < -0.4 is 0 Å². The van der Waals surface area contributed by atoms with E-state index in [1.807, 2.05) is 24.5 Å². The maximum Gasteiger partial charge on any atom is 0.0998 e. The lowest BCUT2D eigenvalue weighted by Gasteiger charge is -2.17. The number of hydrogen-bond acceptors (Lipinski definition) is 1. The zero-order chi connectivity index (χ0) is 12.5. The van der Waals surface area contributed by atoms with Gasteiger partial charge in [-0.1, -0.05) is 23.7 Å². The molecule has 1 aliphatic carbocycles. The average Bonchev–Trinajstić information content (AvgIpc) is 2.82. The number of aryl methyl sites for hydroxylation is 1. The Bertz CT molecular complexity index is 575. The Kier molecular flexibility index (Phi) is 3.31. The van der Waals surface area contributed by atoms with Gasteiger partial charge in [-0.15, -0.1) is 11.6 Å². The molecule has 0 spiro atoms. The number of alkyl halides is 1. The van der Waals surface area contributed by atoms with E-state index in [-0.39, 0.29) is 0 Å². The molecule has 0 saturated heterocycles. The fourth-order valence-electron chi connectivity index (χ4n) is 2.60. The summed E-state index contributed by atoms with van der Waals surface area (Å²) in [4.78, 5) is 4.51. The van der Waals surface area contributed by atoms with E-state index in [9.17, 15) is 0 Å². The molecule has 94 valence electrons. The summed E-state index contributed by atoms with van der Waals surface area (Å²) in [6.45, 7) is 0. The van der Waals surface area contributed by atoms with Crippen LogP contribution in [0.25, 0.3) is 5.69 Å². The van der Waals surface area contributed by atoms with Crippen molar-refractivity contribution in [3.8, 4) is 5.69 Å². The fourth-order valence-corrected chi connectivity index (χ4v) is 3.10. The number of imidazole rings is 1. The molecule has 2 aromatic rings. The maximum absolute atomic E-state index is 6.33. The molecule has 1 heterocycles. The summed E-state index contributed by atoms with van der Waals surface area (Å²) in [7, 11) is 0. The summed E-state index contributed by atoms with van der Waals surface area (Å²) in [5, 5.41) is 0.735. The van der Waals surface area contributed by atoms with Crippen molar-refractivity contribution in [2.24, 2.45) is 0 Å². The number of para-hydroxylation sites is 1. The number of fused-ring (bicyclic) bond motifs is 1. The van der Waals surface area contributed by atoms with E-state index in [0.717, 1.165) is 29.1 Å². The molecule has 18 heavy (non-hydrogen) atoms. The van der Waals surface area contributed by atoms with Gasteiger partial charge in [0.15, 0.2) is 0 Å². The van der Waals surface area contributed by atoms with E-state index in [1.165, 1.54) is 24.2 Å². The molecule has 0 N–H and O–H groups in total. The predicted molar refractivity (Wildman–Crippen MR) is 74.8 cm³/mol. The highest BCUT2D eigenvalue weighted by Gasteiger charge is 2.18. The third kappa shape index (κ3) is 1.94. The Morgan fingerprint density at radius 1 is 1.22 bits per heavy atom. The number of halogens is 2. The van der Waals surface area contributed by atoms with Crippen molar-refractivity contribution in [3.05, 3.63) is 46.5 Å². The Morgan fingerprint density at radius 3 is 2.89 bits per heavy atom. The first-order chi connectivity index (χ1) is 8.81. The van der Waals surface area contributed by atoms with Gasteiger partial charge in [-0.25, -0.2) is 4.98 Å². The number of benzene rings is 1. The first-order valence-electron chi connectivity index (χ1n) is 6.20. The molecule has 0 saturated carbocycles. The summed E-state index contributed by atoms with van der Waals surface area (Å²) < 4.78 is 2.12. The quantitative estimate of drug-likeness (QED) is 0.756. The zero-order valence-corrected chi connectivity index (χ0v) is 11.5. The number of nitrogens with zero attached hydrogens (tertiary/aromatic N) is 2. The first-order valence-corrected chi connectivity index (χ1v) is 7.11. The predicted octanol–water partition coefficient (Wildman–Crippen LogP) is 4.14. The van der Waals surface area contributed by atoms with E-state index < -0.39 is 0 Å². The largest absolute Gasteiger partial charge is 0.301 e. The van der Waals surface area contributed by atoms with Gasteiger partial charge in [-0.2, -0.15) is 0 Å². The average molecular weight is 281 g/mol. The van der Waals surface area contributed by atoms with Gasteiger partial charge in [0.2, 0.25) is 0 Å². The topological polar surface area (TPSA) is 17.8 Å². The van der Waals surface area contributed by atoms with E-state index in [1.54, 1.807) is 0 Å². The first kappa shape index (κ1) is 12.1. The highest BCUT2D eigenvalue weighted by molar-refractivity contribution is 6.32. The number of hydrogen-bond donors (Lipinski definition) is 0. The molecule has 0 atom stereocenters. The minimum Gasteiger partial charge on any atom is -0.301 e. The molecular formula is C14H14Cl2N2. The molecule has 3 rings (SSSR count). The van der Waals surface area contributed by atoms with Crippen molar-refractivity contribution >= 4 is 23.2 Å². The van der Waals surface area contributed by atoms with Crippen LogP contribution in [0.4, 0.5) is 0 Å². The van der Waals surface area contributed by atoms with Crippen molar-refractivity contribution in [1.82, 2.24) is 9.55 Å². The number of rotatable bonds is 2. The molecule has 1 aliphatic rings. The highest BCUT2D eigenvalue weighted by atomic mass is 35.5.